The molecule has 0 spiro atoms. The van der Waals surface area contributed by atoms with Gasteiger partial charge in [-0.2, -0.15) is 0 Å². The predicted octanol–water partition coefficient (Wildman–Crippen LogP) is 2.94. The van der Waals surface area contributed by atoms with Crippen molar-refractivity contribution in [1.29, 1.82) is 0 Å². The van der Waals surface area contributed by atoms with Crippen molar-refractivity contribution in [2.75, 3.05) is 38.6 Å². The van der Waals surface area contributed by atoms with Crippen LogP contribution >= 0.6 is 11.6 Å². The molecule has 2 aromatic carbocycles. The maximum atomic E-state index is 14.7. The number of carbonyl (C=O) groups excluding carboxylic acids is 2. The molecule has 3 N–H and O–H groups in total. The maximum Gasteiger partial charge on any atom is 0.270 e. The molecule has 1 atom stereocenters. The third-order valence-corrected chi connectivity index (χ3v) is 6.57. The van der Waals surface area contributed by atoms with Gasteiger partial charge in [-0.25, -0.2) is 4.39 Å². The molecule has 0 radical (unpaired) electrons. The van der Waals surface area contributed by atoms with Crippen LogP contribution in [0.1, 0.15) is 34.6 Å². The average molecular weight is 501 g/mol. The summed E-state index contributed by atoms with van der Waals surface area (Å²) in [7, 11) is 1.50. The molecule has 0 bridgehead atoms. The lowest BCUT2D eigenvalue weighted by Crippen LogP contribution is -2.41. The van der Waals surface area contributed by atoms with E-state index in [-0.39, 0.29) is 48.4 Å². The summed E-state index contributed by atoms with van der Waals surface area (Å²) in [6.07, 6.45) is 0.681. The Balaban J connectivity index is 1.53. The van der Waals surface area contributed by atoms with E-state index in [1.807, 2.05) is 19.1 Å². The van der Waals surface area contributed by atoms with Crippen LogP contribution in [0.5, 0.6) is 0 Å². The molecule has 2 heterocycles. The van der Waals surface area contributed by atoms with Crippen molar-refractivity contribution < 1.29 is 19.1 Å². The molecular weight excluding hydrogens is 475 g/mol. The van der Waals surface area contributed by atoms with Gasteiger partial charge in [-0.1, -0.05) is 17.7 Å². The van der Waals surface area contributed by atoms with E-state index in [0.29, 0.717) is 23.4 Å². The Labute approximate surface area is 206 Å². The summed E-state index contributed by atoms with van der Waals surface area (Å²) in [6.45, 7) is 2.21. The van der Waals surface area contributed by atoms with E-state index >= 15 is 0 Å². The number of fused-ring (bicyclic) bond motifs is 2. The van der Waals surface area contributed by atoms with Crippen LogP contribution in [0.2, 0.25) is 5.02 Å². The molecule has 184 valence electrons. The smallest absolute Gasteiger partial charge is 0.270 e. The molecule has 4 rings (SSSR count). The summed E-state index contributed by atoms with van der Waals surface area (Å²) in [4.78, 5) is 43.4. The number of nitrogens with one attached hydrogen (secondary N) is 2. The standard InChI is InChI=1S/C25H26ClFN4O4/c1-14-18-4-3-17(26)9-15(18)5-6-31(14)23(33)13-28-21-10-16-11-22(25(35)30(2)7-8-32)29-24(34)19(16)12-20(21)27/h3-4,9-12,14,28,32H,5-8,13H2,1-2H3,(H,29,34)/t14-/m0/s1. The molecule has 2 amide bonds. The molecule has 0 fully saturated rings. The minimum absolute atomic E-state index is 0.0213. The predicted molar refractivity (Wildman–Crippen MR) is 132 cm³/mol. The number of amides is 2. The normalized spacial score (nSPS) is 15.1. The van der Waals surface area contributed by atoms with Crippen LogP contribution in [0.25, 0.3) is 10.8 Å². The van der Waals surface area contributed by atoms with Crippen LogP contribution in [-0.4, -0.2) is 65.0 Å². The number of carbonyl (C=O) groups is 2. The molecule has 8 nitrogen and oxygen atoms in total. The molecule has 0 aliphatic carbocycles. The van der Waals surface area contributed by atoms with Crippen molar-refractivity contribution in [3.05, 3.63) is 74.4 Å². The molecule has 0 saturated carbocycles. The summed E-state index contributed by atoms with van der Waals surface area (Å²) >= 11 is 6.08. The largest absolute Gasteiger partial charge is 0.395 e. The number of hydrogen-bond donors (Lipinski definition) is 3. The number of H-pyrrole nitrogens is 1. The van der Waals surface area contributed by atoms with Crippen LogP contribution < -0.4 is 10.9 Å². The van der Waals surface area contributed by atoms with Gasteiger partial charge in [0.1, 0.15) is 11.5 Å². The van der Waals surface area contributed by atoms with Crippen molar-refractivity contribution >= 4 is 39.9 Å². The highest BCUT2D eigenvalue weighted by Crippen LogP contribution is 2.31. The van der Waals surface area contributed by atoms with Gasteiger partial charge in [0, 0.05) is 25.2 Å². The first-order valence-electron chi connectivity index (χ1n) is 11.2. The van der Waals surface area contributed by atoms with Gasteiger partial charge in [0.05, 0.1) is 30.3 Å². The Morgan fingerprint density at radius 3 is 2.80 bits per heavy atom. The lowest BCUT2D eigenvalue weighted by molar-refractivity contribution is -0.131. The van der Waals surface area contributed by atoms with Gasteiger partial charge in [0.2, 0.25) is 5.91 Å². The van der Waals surface area contributed by atoms with Crippen LogP contribution in [0.3, 0.4) is 0 Å². The van der Waals surface area contributed by atoms with E-state index in [2.05, 4.69) is 10.3 Å². The van der Waals surface area contributed by atoms with Gasteiger partial charge in [0.25, 0.3) is 11.5 Å². The number of likely N-dealkylation sites (N-methyl/N-ethyl adjacent to an activating group) is 1. The summed E-state index contributed by atoms with van der Waals surface area (Å²) in [5.74, 6) is -1.35. The number of benzene rings is 2. The van der Waals surface area contributed by atoms with E-state index in [1.165, 1.54) is 24.1 Å². The van der Waals surface area contributed by atoms with Crippen LogP contribution in [0.4, 0.5) is 10.1 Å². The second-order valence-corrected chi connectivity index (χ2v) is 9.03. The zero-order chi connectivity index (χ0) is 25.3. The number of rotatable bonds is 6. The molecule has 35 heavy (non-hydrogen) atoms. The molecule has 0 unspecified atom stereocenters. The molecular formula is C25H26ClFN4O4. The van der Waals surface area contributed by atoms with Crippen LogP contribution in [0, 0.1) is 5.82 Å². The summed E-state index contributed by atoms with van der Waals surface area (Å²) in [5, 5.41) is 13.0. The van der Waals surface area contributed by atoms with E-state index in [0.717, 1.165) is 17.2 Å². The maximum absolute atomic E-state index is 14.7. The summed E-state index contributed by atoms with van der Waals surface area (Å²) < 4.78 is 14.7. The minimum Gasteiger partial charge on any atom is -0.395 e. The fourth-order valence-electron chi connectivity index (χ4n) is 4.41. The molecule has 10 heteroatoms. The molecule has 0 saturated heterocycles. The topological polar surface area (TPSA) is 106 Å². The SMILES string of the molecule is C[C@H]1c2ccc(Cl)cc2CCN1C(=O)CNc1cc2cc(C(=O)N(C)CCO)[nH]c(=O)c2cc1F. The fourth-order valence-corrected chi connectivity index (χ4v) is 4.60. The van der Waals surface area contributed by atoms with E-state index in [9.17, 15) is 18.8 Å². The highest BCUT2D eigenvalue weighted by molar-refractivity contribution is 6.30. The number of pyridine rings is 1. The second kappa shape index (κ2) is 10.1. The first-order valence-corrected chi connectivity index (χ1v) is 11.6. The van der Waals surface area contributed by atoms with Gasteiger partial charge in [-0.3, -0.25) is 14.4 Å². The Kier molecular flexibility index (Phi) is 7.09. The van der Waals surface area contributed by atoms with Crippen molar-refractivity contribution in [1.82, 2.24) is 14.8 Å². The third-order valence-electron chi connectivity index (χ3n) is 6.34. The number of nitrogens with zero attached hydrogens (tertiary/aromatic N) is 2. The minimum atomic E-state index is -0.682. The molecule has 1 aliphatic heterocycles. The van der Waals surface area contributed by atoms with Crippen molar-refractivity contribution in [2.45, 2.75) is 19.4 Å². The quantitative estimate of drug-likeness (QED) is 0.482. The zero-order valence-electron chi connectivity index (χ0n) is 19.4. The molecule has 1 aromatic heterocycles. The Bertz CT molecular complexity index is 1360. The fraction of sp³-hybridized carbons (Fsp3) is 0.320. The number of aliphatic hydroxyl groups excluding tert-OH is 1. The average Bonchev–Trinajstić information content (AvgIpc) is 2.82. The lowest BCUT2D eigenvalue weighted by Gasteiger charge is -2.35. The zero-order valence-corrected chi connectivity index (χ0v) is 20.2. The van der Waals surface area contributed by atoms with E-state index in [4.69, 9.17) is 16.7 Å². The van der Waals surface area contributed by atoms with Crippen LogP contribution in [-0.2, 0) is 11.2 Å². The van der Waals surface area contributed by atoms with Crippen molar-refractivity contribution in [3.8, 4) is 0 Å². The number of aliphatic hydroxyl groups is 1. The molecule has 3 aromatic rings. The number of halogens is 2. The highest BCUT2D eigenvalue weighted by atomic mass is 35.5. The van der Waals surface area contributed by atoms with Crippen molar-refractivity contribution in [2.24, 2.45) is 0 Å². The van der Waals surface area contributed by atoms with Crippen LogP contribution in [0.15, 0.2) is 41.2 Å². The van der Waals surface area contributed by atoms with Gasteiger partial charge in [0.15, 0.2) is 0 Å². The number of hydrogen-bond acceptors (Lipinski definition) is 5. The Morgan fingerprint density at radius 2 is 2.06 bits per heavy atom. The van der Waals surface area contributed by atoms with E-state index in [1.54, 1.807) is 11.0 Å². The van der Waals surface area contributed by atoms with Gasteiger partial charge in [-0.15, -0.1) is 0 Å². The molecule has 1 aliphatic rings. The van der Waals surface area contributed by atoms with Gasteiger partial charge in [-0.05, 0) is 60.2 Å². The first-order chi connectivity index (χ1) is 16.7. The first kappa shape index (κ1) is 24.7. The number of aromatic nitrogens is 1. The van der Waals surface area contributed by atoms with E-state index < -0.39 is 17.3 Å². The second-order valence-electron chi connectivity index (χ2n) is 8.59. The number of aromatic amines is 1. The highest BCUT2D eigenvalue weighted by Gasteiger charge is 2.27. The Morgan fingerprint density at radius 1 is 1.29 bits per heavy atom. The summed E-state index contributed by atoms with van der Waals surface area (Å²) in [5.41, 5.74) is 1.62. The third kappa shape index (κ3) is 5.01. The lowest BCUT2D eigenvalue weighted by atomic mass is 9.93. The Hall–Kier alpha value is -3.43. The van der Waals surface area contributed by atoms with Crippen molar-refractivity contribution in [3.63, 3.8) is 0 Å². The monoisotopic (exact) mass is 500 g/mol. The number of anilines is 1. The van der Waals surface area contributed by atoms with Gasteiger partial charge < -0.3 is 25.2 Å². The van der Waals surface area contributed by atoms with Gasteiger partial charge >= 0.3 is 0 Å². The summed E-state index contributed by atoms with van der Waals surface area (Å²) in [6, 6.07) is 9.44.